The number of hydrogen-bond donors (Lipinski definition) is 2. The molecule has 0 radical (unpaired) electrons. The molecule has 0 spiro atoms. The van der Waals surface area contributed by atoms with Crippen LogP contribution in [0.2, 0.25) is 5.02 Å². The van der Waals surface area contributed by atoms with Gasteiger partial charge in [0.25, 0.3) is 5.91 Å². The van der Waals surface area contributed by atoms with Gasteiger partial charge in [-0.25, -0.2) is 14.8 Å². The number of carboxylic acid groups (broad SMARTS) is 1. The SMILES string of the molecule is CSc1ncc(Cl)c(C(=O)NC(CC(C)C)C(=O)O)n1. The van der Waals surface area contributed by atoms with Gasteiger partial charge >= 0.3 is 5.97 Å². The number of aromatic nitrogens is 2. The Labute approximate surface area is 126 Å². The van der Waals surface area contributed by atoms with Crippen molar-refractivity contribution in [1.29, 1.82) is 0 Å². The van der Waals surface area contributed by atoms with Crippen molar-refractivity contribution in [2.75, 3.05) is 6.26 Å². The standard InChI is InChI=1S/C12H16ClN3O3S/c1-6(2)4-8(11(18)19)15-10(17)9-7(13)5-14-12(16-9)20-3/h5-6,8H,4H2,1-3H3,(H,15,17)(H,18,19). The highest BCUT2D eigenvalue weighted by atomic mass is 35.5. The first-order valence-electron chi connectivity index (χ1n) is 5.95. The first-order valence-corrected chi connectivity index (χ1v) is 7.55. The van der Waals surface area contributed by atoms with Gasteiger partial charge in [-0.1, -0.05) is 37.2 Å². The third-order valence-corrected chi connectivity index (χ3v) is 3.27. The van der Waals surface area contributed by atoms with E-state index in [0.717, 1.165) is 0 Å². The largest absolute Gasteiger partial charge is 0.480 e. The van der Waals surface area contributed by atoms with Crippen LogP contribution in [0.4, 0.5) is 0 Å². The van der Waals surface area contributed by atoms with Gasteiger partial charge in [0.15, 0.2) is 10.9 Å². The number of rotatable bonds is 6. The number of nitrogens with zero attached hydrogens (tertiary/aromatic N) is 2. The minimum absolute atomic E-state index is 0.0129. The number of carboxylic acids is 1. The Morgan fingerprint density at radius 3 is 2.65 bits per heavy atom. The second-order valence-corrected chi connectivity index (χ2v) is 5.73. The maximum absolute atomic E-state index is 12.1. The van der Waals surface area contributed by atoms with Gasteiger partial charge in [-0.05, 0) is 18.6 Å². The van der Waals surface area contributed by atoms with E-state index < -0.39 is 17.9 Å². The summed E-state index contributed by atoms with van der Waals surface area (Å²) in [5, 5.41) is 12.0. The first-order chi connectivity index (χ1) is 9.35. The molecule has 110 valence electrons. The molecule has 1 heterocycles. The van der Waals surface area contributed by atoms with E-state index >= 15 is 0 Å². The summed E-state index contributed by atoms with van der Waals surface area (Å²) in [6.07, 6.45) is 3.43. The Morgan fingerprint density at radius 1 is 1.50 bits per heavy atom. The van der Waals surface area contributed by atoms with Crippen LogP contribution in [0.15, 0.2) is 11.4 Å². The lowest BCUT2D eigenvalue weighted by Crippen LogP contribution is -2.42. The Hall–Kier alpha value is -1.34. The molecule has 0 saturated carbocycles. The number of thioether (sulfide) groups is 1. The zero-order valence-electron chi connectivity index (χ0n) is 11.4. The van der Waals surface area contributed by atoms with Crippen molar-refractivity contribution < 1.29 is 14.7 Å². The van der Waals surface area contributed by atoms with Crippen LogP contribution in [0.25, 0.3) is 0 Å². The fourth-order valence-corrected chi connectivity index (χ4v) is 2.05. The van der Waals surface area contributed by atoms with Gasteiger partial charge in [0, 0.05) is 0 Å². The lowest BCUT2D eigenvalue weighted by atomic mass is 10.0. The number of halogens is 1. The third kappa shape index (κ3) is 4.64. The van der Waals surface area contributed by atoms with Gasteiger partial charge < -0.3 is 10.4 Å². The van der Waals surface area contributed by atoms with E-state index in [4.69, 9.17) is 16.7 Å². The highest BCUT2D eigenvalue weighted by Crippen LogP contribution is 2.17. The second-order valence-electron chi connectivity index (χ2n) is 4.55. The quantitative estimate of drug-likeness (QED) is 0.616. The van der Waals surface area contributed by atoms with Crippen molar-refractivity contribution in [3.63, 3.8) is 0 Å². The Balaban J connectivity index is 2.91. The zero-order chi connectivity index (χ0) is 15.3. The minimum atomic E-state index is -1.08. The summed E-state index contributed by atoms with van der Waals surface area (Å²) in [6.45, 7) is 3.76. The van der Waals surface area contributed by atoms with Gasteiger partial charge in [0.05, 0.1) is 11.2 Å². The predicted octanol–water partition coefficient (Wildman–Crippen LogP) is 2.08. The van der Waals surface area contributed by atoms with E-state index in [1.54, 1.807) is 6.26 Å². The molecule has 0 aliphatic rings. The Bertz CT molecular complexity index is 511. The van der Waals surface area contributed by atoms with Crippen LogP contribution in [0, 0.1) is 5.92 Å². The van der Waals surface area contributed by atoms with Crippen molar-refractivity contribution in [1.82, 2.24) is 15.3 Å². The second kappa shape index (κ2) is 7.44. The smallest absolute Gasteiger partial charge is 0.326 e. The molecular formula is C12H16ClN3O3S. The minimum Gasteiger partial charge on any atom is -0.480 e. The molecule has 6 nitrogen and oxygen atoms in total. The summed E-state index contributed by atoms with van der Waals surface area (Å²) < 4.78 is 0. The summed E-state index contributed by atoms with van der Waals surface area (Å²) in [7, 11) is 0. The normalized spacial score (nSPS) is 12.2. The monoisotopic (exact) mass is 317 g/mol. The number of nitrogens with one attached hydrogen (secondary N) is 1. The lowest BCUT2D eigenvalue weighted by molar-refractivity contribution is -0.139. The predicted molar refractivity (Wildman–Crippen MR) is 77.2 cm³/mol. The van der Waals surface area contributed by atoms with E-state index in [2.05, 4.69) is 15.3 Å². The summed E-state index contributed by atoms with van der Waals surface area (Å²) in [6, 6.07) is -0.966. The number of carbonyl (C=O) groups excluding carboxylic acids is 1. The fraction of sp³-hybridized carbons (Fsp3) is 0.500. The molecule has 0 aliphatic heterocycles. The number of aliphatic carboxylic acids is 1. The molecule has 0 saturated heterocycles. The van der Waals surface area contributed by atoms with Crippen LogP contribution in [0.3, 0.4) is 0 Å². The van der Waals surface area contributed by atoms with Gasteiger partial charge in [-0.15, -0.1) is 0 Å². The van der Waals surface area contributed by atoms with E-state index in [1.165, 1.54) is 18.0 Å². The topological polar surface area (TPSA) is 92.2 Å². The molecule has 0 fully saturated rings. The maximum atomic E-state index is 12.1. The van der Waals surface area contributed by atoms with Crippen LogP contribution >= 0.6 is 23.4 Å². The summed E-state index contributed by atoms with van der Waals surface area (Å²) in [5.74, 6) is -1.55. The summed E-state index contributed by atoms with van der Waals surface area (Å²) in [4.78, 5) is 31.1. The van der Waals surface area contributed by atoms with Gasteiger partial charge in [-0.2, -0.15) is 0 Å². The van der Waals surface area contributed by atoms with Crippen LogP contribution in [-0.4, -0.2) is 39.2 Å². The van der Waals surface area contributed by atoms with E-state index in [0.29, 0.717) is 11.6 Å². The molecule has 1 unspecified atom stereocenters. The van der Waals surface area contributed by atoms with Crippen molar-refractivity contribution in [2.24, 2.45) is 5.92 Å². The summed E-state index contributed by atoms with van der Waals surface area (Å²) >= 11 is 7.14. The van der Waals surface area contributed by atoms with Crippen LogP contribution in [0.5, 0.6) is 0 Å². The molecule has 8 heteroatoms. The fourth-order valence-electron chi connectivity index (χ4n) is 1.53. The van der Waals surface area contributed by atoms with E-state index in [-0.39, 0.29) is 16.6 Å². The Morgan fingerprint density at radius 2 is 2.15 bits per heavy atom. The highest BCUT2D eigenvalue weighted by molar-refractivity contribution is 7.98. The molecule has 1 amide bonds. The molecule has 0 aliphatic carbocycles. The van der Waals surface area contributed by atoms with E-state index in [9.17, 15) is 9.59 Å². The molecule has 20 heavy (non-hydrogen) atoms. The van der Waals surface area contributed by atoms with Gasteiger partial charge in [-0.3, -0.25) is 4.79 Å². The average molecular weight is 318 g/mol. The number of hydrogen-bond acceptors (Lipinski definition) is 5. The first kappa shape index (κ1) is 16.7. The van der Waals surface area contributed by atoms with Crippen molar-refractivity contribution >= 4 is 35.2 Å². The third-order valence-electron chi connectivity index (χ3n) is 2.43. The van der Waals surface area contributed by atoms with Gasteiger partial charge in [0.2, 0.25) is 0 Å². The van der Waals surface area contributed by atoms with Crippen molar-refractivity contribution in [3.05, 3.63) is 16.9 Å². The van der Waals surface area contributed by atoms with Crippen LogP contribution in [-0.2, 0) is 4.79 Å². The highest BCUT2D eigenvalue weighted by Gasteiger charge is 2.24. The maximum Gasteiger partial charge on any atom is 0.326 e. The zero-order valence-corrected chi connectivity index (χ0v) is 13.0. The average Bonchev–Trinajstić information content (AvgIpc) is 2.37. The molecule has 1 aromatic rings. The molecule has 2 N–H and O–H groups in total. The van der Waals surface area contributed by atoms with Crippen molar-refractivity contribution in [2.45, 2.75) is 31.5 Å². The molecule has 0 aromatic carbocycles. The van der Waals surface area contributed by atoms with Gasteiger partial charge in [0.1, 0.15) is 6.04 Å². The van der Waals surface area contributed by atoms with E-state index in [1.807, 2.05) is 13.8 Å². The molecule has 1 atom stereocenters. The van der Waals surface area contributed by atoms with Crippen LogP contribution in [0.1, 0.15) is 30.8 Å². The molecule has 1 rings (SSSR count). The van der Waals surface area contributed by atoms with Crippen LogP contribution < -0.4 is 5.32 Å². The molecule has 1 aromatic heterocycles. The number of carbonyl (C=O) groups is 2. The molecule has 0 bridgehead atoms. The number of amides is 1. The summed E-state index contributed by atoms with van der Waals surface area (Å²) in [5.41, 5.74) is -0.0129. The lowest BCUT2D eigenvalue weighted by Gasteiger charge is -2.16. The Kier molecular flexibility index (Phi) is 6.22. The van der Waals surface area contributed by atoms with Crippen molar-refractivity contribution in [3.8, 4) is 0 Å². The molecular weight excluding hydrogens is 302 g/mol.